The zero-order valence-corrected chi connectivity index (χ0v) is 11.7. The molecule has 0 amide bonds. The maximum absolute atomic E-state index is 11.4. The number of aromatic nitrogens is 2. The largest absolute Gasteiger partial charge is 0.496 e. The minimum absolute atomic E-state index is 0.0159. The number of nitrogens with zero attached hydrogens (tertiary/aromatic N) is 2. The lowest BCUT2D eigenvalue weighted by atomic mass is 10.0. The number of aromatic carboxylic acids is 1. The second kappa shape index (κ2) is 5.21. The van der Waals surface area contributed by atoms with E-state index in [9.17, 15) is 9.90 Å². The average molecular weight is 287 g/mol. The number of rotatable bonds is 3. The molecule has 0 bridgehead atoms. The molecule has 1 aliphatic rings. The van der Waals surface area contributed by atoms with Crippen molar-refractivity contribution in [2.75, 3.05) is 7.11 Å². The summed E-state index contributed by atoms with van der Waals surface area (Å²) in [5.74, 6) is 0.290. The van der Waals surface area contributed by atoms with Gasteiger partial charge in [0.15, 0.2) is 5.69 Å². The van der Waals surface area contributed by atoms with Crippen molar-refractivity contribution in [2.45, 2.75) is 25.4 Å². The van der Waals surface area contributed by atoms with Gasteiger partial charge in [-0.05, 0) is 18.6 Å². The first-order chi connectivity index (χ1) is 10.1. The summed E-state index contributed by atoms with van der Waals surface area (Å²) in [6.07, 6.45) is 1.34. The summed E-state index contributed by atoms with van der Waals surface area (Å²) in [4.78, 5) is 15.8. The van der Waals surface area contributed by atoms with Gasteiger partial charge < -0.3 is 20.1 Å². The minimum Gasteiger partial charge on any atom is -0.496 e. The fourth-order valence-corrected chi connectivity index (χ4v) is 2.79. The van der Waals surface area contributed by atoms with Gasteiger partial charge in [0.25, 0.3) is 0 Å². The molecule has 2 aromatic rings. The lowest BCUT2D eigenvalue weighted by molar-refractivity contribution is 0.0689. The maximum atomic E-state index is 11.4. The Balaban J connectivity index is 2.20. The van der Waals surface area contributed by atoms with E-state index in [1.165, 1.54) is 0 Å². The van der Waals surface area contributed by atoms with Crippen LogP contribution in [0.1, 0.15) is 22.6 Å². The van der Waals surface area contributed by atoms with Crippen LogP contribution in [0.15, 0.2) is 24.3 Å². The van der Waals surface area contributed by atoms with E-state index in [1.807, 2.05) is 28.8 Å². The lowest BCUT2D eigenvalue weighted by Gasteiger charge is -2.22. The quantitative estimate of drug-likeness (QED) is 0.893. The molecule has 0 saturated carbocycles. The van der Waals surface area contributed by atoms with Crippen LogP contribution in [0.3, 0.4) is 0 Å². The van der Waals surface area contributed by atoms with Crippen LogP contribution in [0.25, 0.3) is 11.4 Å². The topological polar surface area (TPSA) is 90.4 Å². The molecule has 0 radical (unpaired) electrons. The Hall–Kier alpha value is -2.34. The van der Waals surface area contributed by atoms with Crippen molar-refractivity contribution in [2.24, 2.45) is 5.73 Å². The normalized spacial score (nSPS) is 17.3. The Kier molecular flexibility index (Phi) is 3.39. The summed E-state index contributed by atoms with van der Waals surface area (Å²) >= 11 is 0. The van der Waals surface area contributed by atoms with Crippen molar-refractivity contribution in [3.8, 4) is 17.1 Å². The highest BCUT2D eigenvalue weighted by Crippen LogP contribution is 2.32. The number of methoxy groups -OCH3 is 1. The van der Waals surface area contributed by atoms with Gasteiger partial charge in [-0.1, -0.05) is 12.1 Å². The van der Waals surface area contributed by atoms with Gasteiger partial charge in [-0.15, -0.1) is 0 Å². The molecule has 1 atom stereocenters. The third-order valence-corrected chi connectivity index (χ3v) is 3.80. The van der Waals surface area contributed by atoms with Gasteiger partial charge in [-0.3, -0.25) is 0 Å². The SMILES string of the molecule is COc1ccccc1-c1nc(C(=O)O)c2n1CCC(N)C2. The van der Waals surface area contributed by atoms with Crippen molar-refractivity contribution in [3.05, 3.63) is 35.7 Å². The van der Waals surface area contributed by atoms with Crippen molar-refractivity contribution in [1.29, 1.82) is 0 Å². The van der Waals surface area contributed by atoms with Crippen LogP contribution in [0.5, 0.6) is 5.75 Å². The van der Waals surface area contributed by atoms with E-state index < -0.39 is 5.97 Å². The standard InChI is InChI=1S/C15H17N3O3/c1-21-12-5-3-2-4-10(12)14-17-13(15(19)20)11-8-9(16)6-7-18(11)14/h2-5,9H,6-8,16H2,1H3,(H,19,20). The highest BCUT2D eigenvalue weighted by Gasteiger charge is 2.28. The number of hydrogen-bond donors (Lipinski definition) is 2. The van der Waals surface area contributed by atoms with E-state index >= 15 is 0 Å². The zero-order chi connectivity index (χ0) is 15.0. The third kappa shape index (κ3) is 2.27. The van der Waals surface area contributed by atoms with E-state index in [0.29, 0.717) is 30.2 Å². The van der Waals surface area contributed by atoms with Gasteiger partial charge in [0.05, 0.1) is 18.4 Å². The first kappa shape index (κ1) is 13.6. The number of benzene rings is 1. The molecule has 1 aliphatic heterocycles. The molecule has 6 nitrogen and oxygen atoms in total. The average Bonchev–Trinajstić information content (AvgIpc) is 2.85. The van der Waals surface area contributed by atoms with Crippen LogP contribution in [0, 0.1) is 0 Å². The van der Waals surface area contributed by atoms with E-state index in [4.69, 9.17) is 10.5 Å². The molecule has 21 heavy (non-hydrogen) atoms. The van der Waals surface area contributed by atoms with Crippen LogP contribution < -0.4 is 10.5 Å². The first-order valence-electron chi connectivity index (χ1n) is 6.83. The van der Waals surface area contributed by atoms with Gasteiger partial charge in [0.1, 0.15) is 11.6 Å². The molecule has 6 heteroatoms. The Morgan fingerprint density at radius 1 is 1.48 bits per heavy atom. The molecule has 1 unspecified atom stereocenters. The predicted octanol–water partition coefficient (Wildman–Crippen LogP) is 1.53. The van der Waals surface area contributed by atoms with Gasteiger partial charge in [0, 0.05) is 19.0 Å². The first-order valence-corrected chi connectivity index (χ1v) is 6.83. The lowest BCUT2D eigenvalue weighted by Crippen LogP contribution is -2.31. The van der Waals surface area contributed by atoms with E-state index in [2.05, 4.69) is 4.98 Å². The smallest absolute Gasteiger partial charge is 0.356 e. The Morgan fingerprint density at radius 2 is 2.24 bits per heavy atom. The van der Waals surface area contributed by atoms with Crippen LogP contribution in [-0.2, 0) is 13.0 Å². The number of hydrogen-bond acceptors (Lipinski definition) is 4. The predicted molar refractivity (Wildman–Crippen MR) is 77.5 cm³/mol. The second-order valence-corrected chi connectivity index (χ2v) is 5.14. The van der Waals surface area contributed by atoms with E-state index in [0.717, 1.165) is 12.0 Å². The van der Waals surface area contributed by atoms with Crippen molar-refractivity contribution in [3.63, 3.8) is 0 Å². The molecular formula is C15H17N3O3. The zero-order valence-electron chi connectivity index (χ0n) is 11.7. The Labute approximate surface area is 122 Å². The summed E-state index contributed by atoms with van der Waals surface area (Å²) in [5.41, 5.74) is 7.54. The monoisotopic (exact) mass is 287 g/mol. The molecule has 3 rings (SSSR count). The van der Waals surface area contributed by atoms with Crippen LogP contribution in [0.2, 0.25) is 0 Å². The summed E-state index contributed by atoms with van der Waals surface area (Å²) in [5, 5.41) is 9.37. The molecule has 0 aliphatic carbocycles. The summed E-state index contributed by atoms with van der Waals surface area (Å²) in [6, 6.07) is 7.46. The maximum Gasteiger partial charge on any atom is 0.356 e. The third-order valence-electron chi connectivity index (χ3n) is 3.80. The van der Waals surface area contributed by atoms with Crippen molar-refractivity contribution >= 4 is 5.97 Å². The van der Waals surface area contributed by atoms with Gasteiger partial charge >= 0.3 is 5.97 Å². The molecule has 2 heterocycles. The number of carbonyl (C=O) groups is 1. The molecule has 1 aromatic heterocycles. The van der Waals surface area contributed by atoms with Crippen LogP contribution in [-0.4, -0.2) is 33.8 Å². The molecule has 0 saturated heterocycles. The van der Waals surface area contributed by atoms with Crippen molar-refractivity contribution < 1.29 is 14.6 Å². The highest BCUT2D eigenvalue weighted by molar-refractivity contribution is 5.88. The fraction of sp³-hybridized carbons (Fsp3) is 0.333. The van der Waals surface area contributed by atoms with Crippen LogP contribution in [0.4, 0.5) is 0 Å². The van der Waals surface area contributed by atoms with Gasteiger partial charge in [-0.25, -0.2) is 9.78 Å². The summed E-state index contributed by atoms with van der Waals surface area (Å²) < 4.78 is 7.31. The molecule has 1 aromatic carbocycles. The summed E-state index contributed by atoms with van der Waals surface area (Å²) in [6.45, 7) is 0.671. The number of fused-ring (bicyclic) bond motifs is 1. The highest BCUT2D eigenvalue weighted by atomic mass is 16.5. The number of carboxylic acids is 1. The molecule has 0 fully saturated rings. The molecule has 0 spiro atoms. The second-order valence-electron chi connectivity index (χ2n) is 5.14. The number of ether oxygens (including phenoxy) is 1. The Morgan fingerprint density at radius 3 is 2.95 bits per heavy atom. The molecule has 3 N–H and O–H groups in total. The van der Waals surface area contributed by atoms with Crippen LogP contribution >= 0.6 is 0 Å². The minimum atomic E-state index is -1.02. The number of imidazole rings is 1. The number of nitrogens with two attached hydrogens (primary N) is 1. The van der Waals surface area contributed by atoms with E-state index in [-0.39, 0.29) is 11.7 Å². The van der Waals surface area contributed by atoms with Gasteiger partial charge in [-0.2, -0.15) is 0 Å². The van der Waals surface area contributed by atoms with E-state index in [1.54, 1.807) is 7.11 Å². The number of carboxylic acid groups (broad SMARTS) is 1. The summed E-state index contributed by atoms with van der Waals surface area (Å²) in [7, 11) is 1.59. The van der Waals surface area contributed by atoms with Gasteiger partial charge in [0.2, 0.25) is 0 Å². The molecule has 110 valence electrons. The fourth-order valence-electron chi connectivity index (χ4n) is 2.79. The molecular weight excluding hydrogens is 270 g/mol. The Bertz CT molecular complexity index is 693. The van der Waals surface area contributed by atoms with Crippen molar-refractivity contribution in [1.82, 2.24) is 9.55 Å². The number of para-hydroxylation sites is 1.